The number of benzene rings is 1. The summed E-state index contributed by atoms with van der Waals surface area (Å²) in [6.07, 6.45) is 11.2. The number of H-pyrrole nitrogens is 1. The zero-order valence-electron chi connectivity index (χ0n) is 23.7. The highest BCUT2D eigenvalue weighted by Gasteiger charge is 2.38. The second kappa shape index (κ2) is 11.9. The molecule has 0 spiro atoms. The fourth-order valence-electron chi connectivity index (χ4n) is 5.92. The summed E-state index contributed by atoms with van der Waals surface area (Å²) in [6.45, 7) is 1.54. The molecule has 5 heterocycles. The van der Waals surface area contributed by atoms with Gasteiger partial charge in [0.25, 0.3) is 0 Å². The van der Waals surface area contributed by atoms with Gasteiger partial charge in [0.1, 0.15) is 11.3 Å². The van der Waals surface area contributed by atoms with E-state index in [4.69, 9.17) is 14.2 Å². The van der Waals surface area contributed by atoms with Crippen molar-refractivity contribution in [1.82, 2.24) is 15.0 Å². The third kappa shape index (κ3) is 5.13. The number of aromatic nitrogens is 3. The zero-order chi connectivity index (χ0) is 29.2. The van der Waals surface area contributed by atoms with Crippen LogP contribution in [0.2, 0.25) is 0 Å². The van der Waals surface area contributed by atoms with Gasteiger partial charge in [-0.25, -0.2) is 18.6 Å². The van der Waals surface area contributed by atoms with Crippen LogP contribution in [-0.2, 0) is 17.7 Å². The molecular formula is C31H33F2N5O4. The Kier molecular flexibility index (Phi) is 7.92. The first-order valence-electron chi connectivity index (χ1n) is 14.2. The molecule has 0 saturated carbocycles. The van der Waals surface area contributed by atoms with Gasteiger partial charge in [0.05, 0.1) is 32.1 Å². The van der Waals surface area contributed by atoms with Crippen LogP contribution in [0.1, 0.15) is 43.4 Å². The van der Waals surface area contributed by atoms with Crippen LogP contribution < -0.4 is 19.3 Å². The number of halogens is 2. The summed E-state index contributed by atoms with van der Waals surface area (Å²) in [7, 11) is 2.54. The zero-order valence-corrected chi connectivity index (χ0v) is 23.7. The molecule has 1 fully saturated rings. The lowest BCUT2D eigenvalue weighted by atomic mass is 9.92. The number of carbonyl (C=O) groups excluding carboxylic acids is 1. The van der Waals surface area contributed by atoms with Gasteiger partial charge in [-0.05, 0) is 49.8 Å². The molecule has 11 heteroatoms. The van der Waals surface area contributed by atoms with Crippen LogP contribution in [0.15, 0.2) is 42.9 Å². The molecule has 1 saturated heterocycles. The summed E-state index contributed by atoms with van der Waals surface area (Å²) < 4.78 is 47.1. The van der Waals surface area contributed by atoms with Crippen LogP contribution in [0.5, 0.6) is 11.5 Å². The Morgan fingerprint density at radius 2 is 1.79 bits per heavy atom. The van der Waals surface area contributed by atoms with Gasteiger partial charge in [0, 0.05) is 54.5 Å². The largest absolute Gasteiger partial charge is 0.493 e. The third-order valence-electron chi connectivity index (χ3n) is 8.12. The summed E-state index contributed by atoms with van der Waals surface area (Å²) in [5.74, 6) is -1.89. The number of amides is 2. The monoisotopic (exact) mass is 577 g/mol. The van der Waals surface area contributed by atoms with E-state index in [0.29, 0.717) is 28.5 Å². The van der Waals surface area contributed by atoms with Crippen LogP contribution in [0.4, 0.5) is 30.6 Å². The lowest BCUT2D eigenvalue weighted by Gasteiger charge is -2.37. The summed E-state index contributed by atoms with van der Waals surface area (Å²) in [5, 5.41) is 0.762. The van der Waals surface area contributed by atoms with E-state index in [1.54, 1.807) is 30.7 Å². The highest BCUT2D eigenvalue weighted by molar-refractivity contribution is 6.15. The number of aromatic amines is 1. The number of rotatable bonds is 7. The Morgan fingerprint density at radius 1 is 1.02 bits per heavy atom. The predicted octanol–water partition coefficient (Wildman–Crippen LogP) is 6.67. The van der Waals surface area contributed by atoms with Crippen LogP contribution in [0, 0.1) is 17.6 Å². The van der Waals surface area contributed by atoms with Crippen LogP contribution in [0.3, 0.4) is 0 Å². The first kappa shape index (κ1) is 27.9. The number of hydrogen-bond acceptors (Lipinski definition) is 6. The molecule has 1 atom stereocenters. The van der Waals surface area contributed by atoms with E-state index in [0.717, 1.165) is 60.9 Å². The summed E-state index contributed by atoms with van der Waals surface area (Å²) in [4.78, 5) is 28.9. The van der Waals surface area contributed by atoms with Gasteiger partial charge in [-0.1, -0.05) is 12.8 Å². The quantitative estimate of drug-likeness (QED) is 0.264. The summed E-state index contributed by atoms with van der Waals surface area (Å²) in [6, 6.07) is 5.88. The number of hydrogen-bond donors (Lipinski definition) is 1. The Morgan fingerprint density at radius 3 is 2.52 bits per heavy atom. The fourth-order valence-corrected chi connectivity index (χ4v) is 5.92. The van der Waals surface area contributed by atoms with Gasteiger partial charge in [-0.3, -0.25) is 14.8 Å². The number of aryl methyl sites for hydroxylation is 1. The summed E-state index contributed by atoms with van der Waals surface area (Å²) >= 11 is 0. The summed E-state index contributed by atoms with van der Waals surface area (Å²) in [5.41, 5.74) is 2.85. The number of methoxy groups -OCH3 is 2. The molecular weight excluding hydrogens is 544 g/mol. The number of carbonyl (C=O) groups is 1. The van der Waals surface area contributed by atoms with Crippen molar-refractivity contribution in [3.05, 3.63) is 65.7 Å². The van der Waals surface area contributed by atoms with Crippen LogP contribution in [0.25, 0.3) is 11.0 Å². The van der Waals surface area contributed by atoms with Crippen molar-refractivity contribution in [3.8, 4) is 11.5 Å². The second-order valence-electron chi connectivity index (χ2n) is 10.7. The van der Waals surface area contributed by atoms with Crippen molar-refractivity contribution >= 4 is 34.1 Å². The van der Waals surface area contributed by atoms with E-state index in [2.05, 4.69) is 15.0 Å². The average Bonchev–Trinajstić information content (AvgIpc) is 3.41. The number of fused-ring (bicyclic) bond motifs is 3. The average molecular weight is 578 g/mol. The Balaban J connectivity index is 1.42. The third-order valence-corrected chi connectivity index (χ3v) is 8.12. The number of ether oxygens (including phenoxy) is 3. The van der Waals surface area contributed by atoms with Gasteiger partial charge < -0.3 is 19.2 Å². The maximum absolute atomic E-state index is 15.6. The van der Waals surface area contributed by atoms with E-state index in [1.807, 2.05) is 6.07 Å². The molecule has 1 unspecified atom stereocenters. The molecule has 2 aliphatic heterocycles. The topological polar surface area (TPSA) is 92.8 Å². The molecule has 0 radical (unpaired) electrons. The standard InChI is InChI=1S/C31H33F2N5O4/c1-40-24-16-25(41-2)27(33)29(26(24)32)37-18-20-17-35-30-23(28(20)38(31(37)39)22-8-11-34-12-9-22)15-21(36-30)7-6-19-5-3-4-13-42-14-10-19/h8-9,11-12,15-17,19H,3-7,10,13-14,18H2,1-2H3,(H,35,36). The van der Waals surface area contributed by atoms with E-state index in [9.17, 15) is 4.79 Å². The van der Waals surface area contributed by atoms with Crippen molar-refractivity contribution in [2.45, 2.75) is 45.1 Å². The van der Waals surface area contributed by atoms with Crippen LogP contribution in [-0.4, -0.2) is 48.4 Å². The lowest BCUT2D eigenvalue weighted by molar-refractivity contribution is 0.0985. The molecule has 6 rings (SSSR count). The van der Waals surface area contributed by atoms with Crippen molar-refractivity contribution in [3.63, 3.8) is 0 Å². The molecule has 42 heavy (non-hydrogen) atoms. The van der Waals surface area contributed by atoms with Gasteiger partial charge in [-0.2, -0.15) is 0 Å². The van der Waals surface area contributed by atoms with Crippen molar-refractivity contribution in [2.75, 3.05) is 37.2 Å². The van der Waals surface area contributed by atoms with Crippen molar-refractivity contribution in [2.24, 2.45) is 5.92 Å². The molecule has 0 aliphatic carbocycles. The highest BCUT2D eigenvalue weighted by atomic mass is 19.1. The van der Waals surface area contributed by atoms with Gasteiger partial charge in [0.2, 0.25) is 0 Å². The molecule has 0 bridgehead atoms. The maximum atomic E-state index is 15.6. The molecule has 2 amide bonds. The Bertz CT molecular complexity index is 1560. The van der Waals surface area contributed by atoms with E-state index in [1.165, 1.54) is 32.0 Å². The lowest BCUT2D eigenvalue weighted by Crippen LogP contribution is -2.46. The highest BCUT2D eigenvalue weighted by Crippen LogP contribution is 2.44. The Hall–Kier alpha value is -4.25. The molecule has 220 valence electrons. The Labute approximate surface area is 242 Å². The first-order chi connectivity index (χ1) is 20.5. The number of nitrogens with zero attached hydrogens (tertiary/aromatic N) is 4. The number of urea groups is 1. The smallest absolute Gasteiger partial charge is 0.334 e. The minimum Gasteiger partial charge on any atom is -0.493 e. The van der Waals surface area contributed by atoms with Crippen LogP contribution >= 0.6 is 0 Å². The normalized spacial score (nSPS) is 17.6. The van der Waals surface area contributed by atoms with Crippen molar-refractivity contribution < 1.29 is 27.8 Å². The van der Waals surface area contributed by atoms with E-state index >= 15 is 8.78 Å². The maximum Gasteiger partial charge on any atom is 0.334 e. The number of anilines is 3. The van der Waals surface area contributed by atoms with Gasteiger partial charge in [0.15, 0.2) is 23.1 Å². The SMILES string of the molecule is COc1cc(OC)c(F)c(N2Cc3cnc4[nH]c(CCC5CCCCOCC5)cc4c3N(c3ccncc3)C2=O)c1F. The molecule has 1 N–H and O–H groups in total. The number of nitrogens with one attached hydrogen (secondary N) is 1. The van der Waals surface area contributed by atoms with E-state index < -0.39 is 23.4 Å². The first-order valence-corrected chi connectivity index (χ1v) is 14.2. The molecule has 4 aromatic rings. The molecule has 9 nitrogen and oxygen atoms in total. The second-order valence-corrected chi connectivity index (χ2v) is 10.7. The van der Waals surface area contributed by atoms with E-state index in [-0.39, 0.29) is 18.0 Å². The van der Waals surface area contributed by atoms with Gasteiger partial charge >= 0.3 is 6.03 Å². The molecule has 3 aromatic heterocycles. The minimum atomic E-state index is -1.00. The number of pyridine rings is 2. The molecule has 1 aromatic carbocycles. The predicted molar refractivity (Wildman–Crippen MR) is 155 cm³/mol. The van der Waals surface area contributed by atoms with Crippen molar-refractivity contribution in [1.29, 1.82) is 0 Å². The molecule has 2 aliphatic rings. The fraction of sp³-hybridized carbons (Fsp3) is 0.387. The minimum absolute atomic E-state index is 0.106. The van der Waals surface area contributed by atoms with Gasteiger partial charge in [-0.15, -0.1) is 0 Å².